The van der Waals surface area contributed by atoms with Gasteiger partial charge >= 0.3 is 0 Å². The molecule has 2 aromatic rings. The van der Waals surface area contributed by atoms with Gasteiger partial charge in [-0.15, -0.1) is 0 Å². The van der Waals surface area contributed by atoms with Crippen LogP contribution in [0.3, 0.4) is 0 Å². The minimum Gasteiger partial charge on any atom is -0.390 e. The Kier molecular flexibility index (Phi) is 5.21. The molecule has 0 fully saturated rings. The Morgan fingerprint density at radius 3 is 2.75 bits per heavy atom. The van der Waals surface area contributed by atoms with Gasteiger partial charge in [0, 0.05) is 11.4 Å². The third-order valence-electron chi connectivity index (χ3n) is 3.61. The number of halogens is 1. The Balaban J connectivity index is 2.39. The third-order valence-corrected chi connectivity index (χ3v) is 3.95. The van der Waals surface area contributed by atoms with Crippen LogP contribution in [0.25, 0.3) is 0 Å². The van der Waals surface area contributed by atoms with Crippen molar-refractivity contribution in [3.63, 3.8) is 0 Å². The van der Waals surface area contributed by atoms with Crippen LogP contribution in [0.5, 0.6) is 0 Å². The summed E-state index contributed by atoms with van der Waals surface area (Å²) < 4.78 is 2.11. The predicted molar refractivity (Wildman–Crippen MR) is 82.0 cm³/mol. The molecule has 0 spiro atoms. The van der Waals surface area contributed by atoms with E-state index in [2.05, 4.69) is 23.4 Å². The molecule has 0 amide bonds. The smallest absolute Gasteiger partial charge is 0.109 e. The zero-order chi connectivity index (χ0) is 14.5. The van der Waals surface area contributed by atoms with Crippen LogP contribution in [0.4, 0.5) is 0 Å². The molecule has 0 radical (unpaired) electrons. The fourth-order valence-electron chi connectivity index (χ4n) is 2.50. The summed E-state index contributed by atoms with van der Waals surface area (Å²) in [6, 6.07) is 7.91. The first-order valence-corrected chi connectivity index (χ1v) is 7.47. The van der Waals surface area contributed by atoms with Gasteiger partial charge in [0.25, 0.3) is 0 Å². The van der Waals surface area contributed by atoms with E-state index in [1.807, 2.05) is 24.3 Å². The normalized spacial score (nSPS) is 12.6. The molecule has 20 heavy (non-hydrogen) atoms. The van der Waals surface area contributed by atoms with Gasteiger partial charge in [-0.1, -0.05) is 43.1 Å². The molecular weight excluding hydrogens is 272 g/mol. The van der Waals surface area contributed by atoms with E-state index >= 15 is 0 Å². The standard InChI is InChI=1S/C16H21ClN2O/c1-3-4-9-16-18-10-13(11-20)19(16)12(2)14-7-5-6-8-15(14)17/h5-8,10,12,20H,3-4,9,11H2,1-2H3. The highest BCUT2D eigenvalue weighted by atomic mass is 35.5. The lowest BCUT2D eigenvalue weighted by atomic mass is 10.1. The maximum atomic E-state index is 9.53. The molecule has 0 aliphatic rings. The number of rotatable bonds is 6. The van der Waals surface area contributed by atoms with Crippen molar-refractivity contribution in [2.75, 3.05) is 0 Å². The Labute approximate surface area is 125 Å². The van der Waals surface area contributed by atoms with Crippen LogP contribution in [0.1, 0.15) is 49.8 Å². The van der Waals surface area contributed by atoms with E-state index < -0.39 is 0 Å². The number of hydrogen-bond donors (Lipinski definition) is 1. The number of aliphatic hydroxyl groups excluding tert-OH is 1. The minimum atomic E-state index is -0.00603. The highest BCUT2D eigenvalue weighted by Crippen LogP contribution is 2.28. The summed E-state index contributed by atoms with van der Waals surface area (Å²) in [5.74, 6) is 1.02. The molecule has 1 unspecified atom stereocenters. The first-order chi connectivity index (χ1) is 9.69. The van der Waals surface area contributed by atoms with Crippen LogP contribution in [0.15, 0.2) is 30.5 Å². The molecule has 0 bridgehead atoms. The molecule has 0 aliphatic heterocycles. The van der Waals surface area contributed by atoms with E-state index in [1.54, 1.807) is 6.20 Å². The zero-order valence-electron chi connectivity index (χ0n) is 12.0. The van der Waals surface area contributed by atoms with Crippen LogP contribution in [-0.2, 0) is 13.0 Å². The first-order valence-electron chi connectivity index (χ1n) is 7.09. The molecule has 1 aromatic heterocycles. The molecule has 108 valence electrons. The lowest BCUT2D eigenvalue weighted by Crippen LogP contribution is -2.14. The fourth-order valence-corrected chi connectivity index (χ4v) is 2.79. The number of benzene rings is 1. The summed E-state index contributed by atoms with van der Waals surface area (Å²) in [5.41, 5.74) is 1.89. The predicted octanol–water partition coefficient (Wildman–Crippen LogP) is 3.98. The average molecular weight is 293 g/mol. The summed E-state index contributed by atoms with van der Waals surface area (Å²) >= 11 is 6.29. The molecule has 0 saturated heterocycles. The molecule has 1 aromatic carbocycles. The summed E-state index contributed by atoms with van der Waals surface area (Å²) in [4.78, 5) is 4.46. The van der Waals surface area contributed by atoms with Crippen molar-refractivity contribution in [3.8, 4) is 0 Å². The quantitative estimate of drug-likeness (QED) is 0.874. The topological polar surface area (TPSA) is 38.1 Å². The summed E-state index contributed by atoms with van der Waals surface area (Å²) in [5, 5.41) is 10.3. The molecule has 3 nitrogen and oxygen atoms in total. The van der Waals surface area contributed by atoms with Crippen molar-refractivity contribution < 1.29 is 5.11 Å². The molecule has 0 saturated carbocycles. The lowest BCUT2D eigenvalue weighted by molar-refractivity contribution is 0.268. The summed E-state index contributed by atoms with van der Waals surface area (Å²) in [6.45, 7) is 4.25. The van der Waals surface area contributed by atoms with Gasteiger partial charge in [-0.3, -0.25) is 0 Å². The Bertz CT molecular complexity index is 565. The number of nitrogens with zero attached hydrogens (tertiary/aromatic N) is 2. The fraction of sp³-hybridized carbons (Fsp3) is 0.438. The second-order valence-electron chi connectivity index (χ2n) is 4.99. The second-order valence-corrected chi connectivity index (χ2v) is 5.40. The molecule has 0 aliphatic carbocycles. The van der Waals surface area contributed by atoms with Crippen LogP contribution in [0, 0.1) is 0 Å². The monoisotopic (exact) mass is 292 g/mol. The Hall–Kier alpha value is -1.32. The minimum absolute atomic E-state index is 0.00603. The van der Waals surface area contributed by atoms with Crippen molar-refractivity contribution in [2.24, 2.45) is 0 Å². The Morgan fingerprint density at radius 1 is 1.35 bits per heavy atom. The van der Waals surface area contributed by atoms with Crippen molar-refractivity contribution in [3.05, 3.63) is 52.6 Å². The van der Waals surface area contributed by atoms with Gasteiger partial charge in [0.05, 0.1) is 24.5 Å². The van der Waals surface area contributed by atoms with Crippen LogP contribution in [0.2, 0.25) is 5.02 Å². The zero-order valence-corrected chi connectivity index (χ0v) is 12.8. The molecule has 1 heterocycles. The van der Waals surface area contributed by atoms with Gasteiger partial charge < -0.3 is 9.67 Å². The first kappa shape index (κ1) is 15.1. The highest BCUT2D eigenvalue weighted by molar-refractivity contribution is 6.31. The van der Waals surface area contributed by atoms with E-state index in [0.29, 0.717) is 0 Å². The van der Waals surface area contributed by atoms with Crippen molar-refractivity contribution in [1.29, 1.82) is 0 Å². The molecule has 2 rings (SSSR count). The number of aliphatic hydroxyl groups is 1. The number of aryl methyl sites for hydroxylation is 1. The van der Waals surface area contributed by atoms with E-state index in [1.165, 1.54) is 0 Å². The SMILES string of the molecule is CCCCc1ncc(CO)n1C(C)c1ccccc1Cl. The van der Waals surface area contributed by atoms with E-state index in [-0.39, 0.29) is 12.6 Å². The van der Waals surface area contributed by atoms with E-state index in [9.17, 15) is 5.11 Å². The van der Waals surface area contributed by atoms with Crippen LogP contribution >= 0.6 is 11.6 Å². The molecule has 1 atom stereocenters. The maximum Gasteiger partial charge on any atom is 0.109 e. The van der Waals surface area contributed by atoms with Gasteiger partial charge in [-0.05, 0) is 25.0 Å². The van der Waals surface area contributed by atoms with Gasteiger partial charge in [-0.25, -0.2) is 4.98 Å². The van der Waals surface area contributed by atoms with Gasteiger partial charge in [0.1, 0.15) is 5.82 Å². The Morgan fingerprint density at radius 2 is 2.10 bits per heavy atom. The average Bonchev–Trinajstić information content (AvgIpc) is 2.87. The van der Waals surface area contributed by atoms with Crippen LogP contribution in [-0.4, -0.2) is 14.7 Å². The van der Waals surface area contributed by atoms with E-state index in [0.717, 1.165) is 41.4 Å². The van der Waals surface area contributed by atoms with Crippen molar-refractivity contribution in [2.45, 2.75) is 45.8 Å². The third kappa shape index (κ3) is 3.05. The lowest BCUT2D eigenvalue weighted by Gasteiger charge is -2.20. The van der Waals surface area contributed by atoms with E-state index in [4.69, 9.17) is 11.6 Å². The molecule has 1 N–H and O–H groups in total. The number of unbranched alkanes of at least 4 members (excludes halogenated alkanes) is 1. The van der Waals surface area contributed by atoms with Gasteiger partial charge in [-0.2, -0.15) is 0 Å². The van der Waals surface area contributed by atoms with Gasteiger partial charge in [0.15, 0.2) is 0 Å². The second kappa shape index (κ2) is 6.91. The van der Waals surface area contributed by atoms with Crippen molar-refractivity contribution in [1.82, 2.24) is 9.55 Å². The summed E-state index contributed by atoms with van der Waals surface area (Å²) in [6.07, 6.45) is 4.91. The molecular formula is C16H21ClN2O. The largest absolute Gasteiger partial charge is 0.390 e. The molecule has 4 heteroatoms. The van der Waals surface area contributed by atoms with Crippen LogP contribution < -0.4 is 0 Å². The number of imidazole rings is 1. The maximum absolute atomic E-state index is 9.53. The van der Waals surface area contributed by atoms with Gasteiger partial charge in [0.2, 0.25) is 0 Å². The summed E-state index contributed by atoms with van der Waals surface area (Å²) in [7, 11) is 0. The number of aromatic nitrogens is 2. The van der Waals surface area contributed by atoms with Crippen molar-refractivity contribution >= 4 is 11.6 Å². The highest BCUT2D eigenvalue weighted by Gasteiger charge is 2.18. The number of hydrogen-bond acceptors (Lipinski definition) is 2.